The lowest BCUT2D eigenvalue weighted by Crippen LogP contribution is -2.26. The lowest BCUT2D eigenvalue weighted by Gasteiger charge is -2.16. The van der Waals surface area contributed by atoms with Crippen LogP contribution in [-0.4, -0.2) is 6.04 Å². The molecule has 1 N–H and O–H groups in total. The third kappa shape index (κ3) is 4.23. The molecule has 0 amide bonds. The van der Waals surface area contributed by atoms with Gasteiger partial charge < -0.3 is 5.32 Å². The maximum Gasteiger partial charge on any atom is 0.416 e. The summed E-state index contributed by atoms with van der Waals surface area (Å²) in [6.45, 7) is -0.0284. The first-order valence-electron chi connectivity index (χ1n) is 6.33. The van der Waals surface area contributed by atoms with E-state index in [9.17, 15) is 26.3 Å². The van der Waals surface area contributed by atoms with Gasteiger partial charge in [-0.3, -0.25) is 0 Å². The molecule has 116 valence electrons. The Kier molecular flexibility index (Phi) is 4.32. The van der Waals surface area contributed by atoms with E-state index in [1.165, 1.54) is 0 Å². The fourth-order valence-corrected chi connectivity index (χ4v) is 2.17. The molecule has 7 heteroatoms. The molecule has 1 aliphatic carbocycles. The van der Waals surface area contributed by atoms with Crippen molar-refractivity contribution < 1.29 is 26.3 Å². The number of hydrogen-bond donors (Lipinski definition) is 1. The van der Waals surface area contributed by atoms with Crippen molar-refractivity contribution >= 4 is 0 Å². The van der Waals surface area contributed by atoms with Crippen molar-refractivity contribution in [3.8, 4) is 0 Å². The molecule has 0 bridgehead atoms. The molecular formula is C14H13F6N. The van der Waals surface area contributed by atoms with Crippen LogP contribution in [0.2, 0.25) is 0 Å². The summed E-state index contributed by atoms with van der Waals surface area (Å²) in [6, 6.07) is 1.71. The highest BCUT2D eigenvalue weighted by Crippen LogP contribution is 2.36. The molecule has 0 atom stereocenters. The van der Waals surface area contributed by atoms with E-state index in [2.05, 4.69) is 5.32 Å². The van der Waals surface area contributed by atoms with Gasteiger partial charge in [-0.05, 0) is 36.6 Å². The predicted molar refractivity (Wildman–Crippen MR) is 65.4 cm³/mol. The molecule has 1 aliphatic rings. The highest BCUT2D eigenvalue weighted by atomic mass is 19.4. The second-order valence-corrected chi connectivity index (χ2v) is 4.93. The van der Waals surface area contributed by atoms with Crippen LogP contribution >= 0.6 is 0 Å². The van der Waals surface area contributed by atoms with Gasteiger partial charge in [0, 0.05) is 12.6 Å². The zero-order valence-electron chi connectivity index (χ0n) is 10.9. The van der Waals surface area contributed by atoms with E-state index in [4.69, 9.17) is 0 Å². The number of halogens is 6. The quantitative estimate of drug-likeness (QED) is 0.639. The Morgan fingerprint density at radius 3 is 1.76 bits per heavy atom. The summed E-state index contributed by atoms with van der Waals surface area (Å²) < 4.78 is 76.1. The number of alkyl halides is 6. The third-order valence-corrected chi connectivity index (χ3v) is 3.25. The molecule has 0 radical (unpaired) electrons. The smallest absolute Gasteiger partial charge is 0.309 e. The van der Waals surface area contributed by atoms with Gasteiger partial charge in [-0.2, -0.15) is 26.3 Å². The number of rotatable bonds is 3. The molecule has 0 saturated heterocycles. The summed E-state index contributed by atoms with van der Waals surface area (Å²) in [5.74, 6) is 0. The van der Waals surface area contributed by atoms with Gasteiger partial charge in [0.25, 0.3) is 0 Å². The lowest BCUT2D eigenvalue weighted by molar-refractivity contribution is -0.143. The van der Waals surface area contributed by atoms with Crippen LogP contribution in [0.5, 0.6) is 0 Å². The van der Waals surface area contributed by atoms with Crippen LogP contribution in [-0.2, 0) is 18.9 Å². The van der Waals surface area contributed by atoms with Gasteiger partial charge in [-0.25, -0.2) is 0 Å². The van der Waals surface area contributed by atoms with Crippen molar-refractivity contribution in [2.75, 3.05) is 0 Å². The largest absolute Gasteiger partial charge is 0.416 e. The fraction of sp³-hybridized carbons (Fsp3) is 0.429. The van der Waals surface area contributed by atoms with Crippen LogP contribution in [0.3, 0.4) is 0 Å². The zero-order chi connectivity index (χ0) is 15.7. The van der Waals surface area contributed by atoms with Gasteiger partial charge in [0.2, 0.25) is 0 Å². The van der Waals surface area contributed by atoms with Crippen molar-refractivity contribution in [3.63, 3.8) is 0 Å². The average molecular weight is 309 g/mol. The minimum absolute atomic E-state index is 0.0240. The Morgan fingerprint density at radius 2 is 1.33 bits per heavy atom. The molecule has 1 nitrogen and oxygen atoms in total. The standard InChI is InChI=1S/C14H13F6N/c15-13(16,17)10-5-9(6-11(7-10)14(18,19)20)8-21-12-3-1-2-4-12/h1-2,5-7,12,21H,3-4,8H2. The Labute approximate surface area is 117 Å². The van der Waals surface area contributed by atoms with Crippen LogP contribution in [0, 0.1) is 0 Å². The Hall–Kier alpha value is -1.50. The second-order valence-electron chi connectivity index (χ2n) is 4.93. The summed E-state index contributed by atoms with van der Waals surface area (Å²) >= 11 is 0. The summed E-state index contributed by atoms with van der Waals surface area (Å²) in [7, 11) is 0. The first-order chi connectivity index (χ1) is 9.66. The maximum atomic E-state index is 12.7. The molecule has 1 aromatic rings. The van der Waals surface area contributed by atoms with Crippen LogP contribution in [0.15, 0.2) is 30.4 Å². The minimum Gasteiger partial charge on any atom is -0.309 e. The molecule has 0 unspecified atom stereocenters. The van der Waals surface area contributed by atoms with Crippen molar-refractivity contribution in [2.24, 2.45) is 0 Å². The highest BCUT2D eigenvalue weighted by Gasteiger charge is 2.36. The number of hydrogen-bond acceptors (Lipinski definition) is 1. The van der Waals surface area contributed by atoms with E-state index in [0.717, 1.165) is 25.0 Å². The van der Waals surface area contributed by atoms with Crippen molar-refractivity contribution in [1.82, 2.24) is 5.32 Å². The first-order valence-corrected chi connectivity index (χ1v) is 6.33. The van der Waals surface area contributed by atoms with Crippen LogP contribution in [0.1, 0.15) is 29.5 Å². The van der Waals surface area contributed by atoms with E-state index in [1.54, 1.807) is 0 Å². The molecule has 2 rings (SSSR count). The summed E-state index contributed by atoms with van der Waals surface area (Å²) in [4.78, 5) is 0. The van der Waals surface area contributed by atoms with Crippen molar-refractivity contribution in [1.29, 1.82) is 0 Å². The van der Waals surface area contributed by atoms with E-state index < -0.39 is 23.5 Å². The van der Waals surface area contributed by atoms with Gasteiger partial charge in [0.05, 0.1) is 11.1 Å². The summed E-state index contributed by atoms with van der Waals surface area (Å²) in [6.07, 6.45) is -4.30. The highest BCUT2D eigenvalue weighted by molar-refractivity contribution is 5.33. The number of benzene rings is 1. The fourth-order valence-electron chi connectivity index (χ4n) is 2.17. The number of nitrogens with one attached hydrogen (secondary N) is 1. The van der Waals surface area contributed by atoms with E-state index >= 15 is 0 Å². The van der Waals surface area contributed by atoms with Gasteiger partial charge in [-0.15, -0.1) is 0 Å². The first kappa shape index (κ1) is 15.9. The lowest BCUT2D eigenvalue weighted by atomic mass is 10.0. The Morgan fingerprint density at radius 1 is 0.857 bits per heavy atom. The molecule has 21 heavy (non-hydrogen) atoms. The van der Waals surface area contributed by atoms with Crippen LogP contribution in [0.4, 0.5) is 26.3 Å². The summed E-state index contributed by atoms with van der Waals surface area (Å²) in [5, 5.41) is 2.96. The molecule has 0 heterocycles. The minimum atomic E-state index is -4.80. The molecule has 0 spiro atoms. The van der Waals surface area contributed by atoms with Crippen molar-refractivity contribution in [3.05, 3.63) is 47.0 Å². The van der Waals surface area contributed by atoms with E-state index in [0.29, 0.717) is 0 Å². The van der Waals surface area contributed by atoms with Crippen LogP contribution in [0.25, 0.3) is 0 Å². The topological polar surface area (TPSA) is 12.0 Å². The van der Waals surface area contributed by atoms with Gasteiger partial charge in [-0.1, -0.05) is 12.2 Å². The van der Waals surface area contributed by atoms with E-state index in [-0.39, 0.29) is 24.2 Å². The summed E-state index contributed by atoms with van der Waals surface area (Å²) in [5.41, 5.74) is -2.58. The zero-order valence-corrected chi connectivity index (χ0v) is 10.9. The monoisotopic (exact) mass is 309 g/mol. The van der Waals surface area contributed by atoms with Gasteiger partial charge in [0.15, 0.2) is 0 Å². The molecule has 0 aromatic heterocycles. The van der Waals surface area contributed by atoms with Crippen molar-refractivity contribution in [2.45, 2.75) is 37.8 Å². The van der Waals surface area contributed by atoms with Crippen LogP contribution < -0.4 is 5.32 Å². The van der Waals surface area contributed by atoms with E-state index in [1.807, 2.05) is 12.2 Å². The second kappa shape index (κ2) is 5.71. The molecular weight excluding hydrogens is 296 g/mol. The predicted octanol–water partition coefficient (Wildman–Crippen LogP) is 4.53. The molecule has 0 fully saturated rings. The molecule has 1 aromatic carbocycles. The Balaban J connectivity index is 2.22. The average Bonchev–Trinajstić information content (AvgIpc) is 2.87. The Bertz CT molecular complexity index is 489. The normalized spacial score (nSPS) is 16.7. The van der Waals surface area contributed by atoms with Gasteiger partial charge in [0.1, 0.15) is 0 Å². The maximum absolute atomic E-state index is 12.7. The SMILES string of the molecule is FC(F)(F)c1cc(CNC2CC=CC2)cc(C(F)(F)F)c1. The van der Waals surface area contributed by atoms with Gasteiger partial charge >= 0.3 is 12.4 Å². The third-order valence-electron chi connectivity index (χ3n) is 3.25. The molecule has 0 aliphatic heterocycles. The molecule has 0 saturated carbocycles.